The van der Waals surface area contributed by atoms with E-state index in [1.165, 1.54) is 18.5 Å². The molecule has 2 aromatic heterocycles. The average molecular weight is 580 g/mol. The average Bonchev–Trinajstić information content (AvgIpc) is 3.23. The summed E-state index contributed by atoms with van der Waals surface area (Å²) in [5, 5.41) is 3.37. The summed E-state index contributed by atoms with van der Waals surface area (Å²) in [5.74, 6) is -0.752. The van der Waals surface area contributed by atoms with Gasteiger partial charge in [0.2, 0.25) is 0 Å². The highest BCUT2D eigenvalue weighted by atomic mass is 19.4. The number of nitrogens with one attached hydrogen (secondary N) is 1. The molecule has 9 nitrogen and oxygen atoms in total. The molecule has 0 unspecified atom stereocenters. The van der Waals surface area contributed by atoms with Gasteiger partial charge in [0, 0.05) is 42.5 Å². The van der Waals surface area contributed by atoms with E-state index in [2.05, 4.69) is 21.9 Å². The molecule has 220 valence electrons. The number of hydrogen-bond donors (Lipinski definition) is 2. The molecular formula is C30H32F3N7O2. The molecular weight excluding hydrogens is 547 g/mol. The van der Waals surface area contributed by atoms with E-state index in [4.69, 9.17) is 5.73 Å². The van der Waals surface area contributed by atoms with E-state index in [-0.39, 0.29) is 30.4 Å². The van der Waals surface area contributed by atoms with Crippen molar-refractivity contribution >= 4 is 34.4 Å². The van der Waals surface area contributed by atoms with E-state index in [1.807, 2.05) is 23.7 Å². The van der Waals surface area contributed by atoms with Crippen molar-refractivity contribution in [3.8, 4) is 22.4 Å². The summed E-state index contributed by atoms with van der Waals surface area (Å²) in [5.41, 5.74) is 10.9. The first-order chi connectivity index (χ1) is 19.8. The number of benzene rings is 2. The standard InChI is InChI=1S/C30H32F3N7O2/c1-18(2)28(41)37-22-12-10-20(11-13-22)25-23(24-26(34)35-17-36-27(24)39(25)5)19-6-8-21(9-7-19)29(42)40(15-14-38(3)4)16-30(31,32)33/h6-13,17H,1,14-16H2,2-5H3,(H,37,41)(H2,34,35,36). The maximum atomic E-state index is 13.3. The number of aromatic nitrogens is 3. The topological polar surface area (TPSA) is 109 Å². The quantitative estimate of drug-likeness (QED) is 0.271. The molecule has 2 amide bonds. The molecule has 42 heavy (non-hydrogen) atoms. The molecule has 0 saturated heterocycles. The first kappa shape index (κ1) is 30.3. The number of fused-ring (bicyclic) bond motifs is 1. The number of nitrogens with zero attached hydrogens (tertiary/aromatic N) is 5. The van der Waals surface area contributed by atoms with Crippen LogP contribution in [0.2, 0.25) is 0 Å². The molecule has 0 aliphatic carbocycles. The Morgan fingerprint density at radius 3 is 2.19 bits per heavy atom. The second kappa shape index (κ2) is 12.0. The largest absolute Gasteiger partial charge is 0.406 e. The van der Waals surface area contributed by atoms with Crippen LogP contribution >= 0.6 is 0 Å². The highest BCUT2D eigenvalue weighted by Gasteiger charge is 2.33. The van der Waals surface area contributed by atoms with Gasteiger partial charge in [-0.2, -0.15) is 13.2 Å². The number of nitrogen functional groups attached to an aromatic ring is 1. The van der Waals surface area contributed by atoms with Gasteiger partial charge >= 0.3 is 6.18 Å². The monoisotopic (exact) mass is 579 g/mol. The second-order valence-corrected chi connectivity index (χ2v) is 10.3. The SMILES string of the molecule is C=C(C)C(=O)Nc1ccc(-c2c(-c3ccc(C(=O)N(CCN(C)C)CC(F)(F)F)cc3)c3c(N)ncnc3n2C)cc1. The number of likely N-dealkylation sites (N-methyl/N-ethyl adjacent to an activating group) is 1. The minimum absolute atomic E-state index is 0.0722. The Bertz CT molecular complexity index is 1630. The molecule has 2 aromatic carbocycles. The Morgan fingerprint density at radius 1 is 1.00 bits per heavy atom. The van der Waals surface area contributed by atoms with Crippen molar-refractivity contribution in [3.05, 3.63) is 72.6 Å². The lowest BCUT2D eigenvalue weighted by molar-refractivity contribution is -0.141. The van der Waals surface area contributed by atoms with E-state index in [0.29, 0.717) is 33.4 Å². The number of anilines is 2. The predicted molar refractivity (Wildman–Crippen MR) is 158 cm³/mol. The summed E-state index contributed by atoms with van der Waals surface area (Å²) in [7, 11) is 5.30. The number of aryl methyl sites for hydroxylation is 1. The van der Waals surface area contributed by atoms with Crippen LogP contribution in [0.5, 0.6) is 0 Å². The summed E-state index contributed by atoms with van der Waals surface area (Å²) in [6, 6.07) is 13.6. The molecule has 0 aliphatic heterocycles. The van der Waals surface area contributed by atoms with Gasteiger partial charge in [0.25, 0.3) is 11.8 Å². The van der Waals surface area contributed by atoms with Crippen molar-refractivity contribution in [2.75, 3.05) is 44.8 Å². The van der Waals surface area contributed by atoms with Crippen LogP contribution in [0.3, 0.4) is 0 Å². The van der Waals surface area contributed by atoms with Crippen LogP contribution in [-0.4, -0.2) is 76.1 Å². The molecule has 0 fully saturated rings. The molecule has 3 N–H and O–H groups in total. The van der Waals surface area contributed by atoms with Gasteiger partial charge in [0.15, 0.2) is 0 Å². The Balaban J connectivity index is 1.76. The van der Waals surface area contributed by atoms with Gasteiger partial charge in [-0.1, -0.05) is 30.8 Å². The lowest BCUT2D eigenvalue weighted by Crippen LogP contribution is -2.42. The third-order valence-electron chi connectivity index (χ3n) is 6.70. The maximum Gasteiger partial charge on any atom is 0.406 e. The highest BCUT2D eigenvalue weighted by Crippen LogP contribution is 2.41. The van der Waals surface area contributed by atoms with E-state index < -0.39 is 18.6 Å². The molecule has 0 atom stereocenters. The number of amides is 2. The van der Waals surface area contributed by atoms with Crippen LogP contribution in [-0.2, 0) is 11.8 Å². The van der Waals surface area contributed by atoms with Gasteiger partial charge in [0.1, 0.15) is 24.3 Å². The van der Waals surface area contributed by atoms with Gasteiger partial charge in [-0.3, -0.25) is 9.59 Å². The Hall–Kier alpha value is -4.71. The minimum atomic E-state index is -4.53. The van der Waals surface area contributed by atoms with Crippen LogP contribution in [0.25, 0.3) is 33.4 Å². The molecule has 0 radical (unpaired) electrons. The zero-order valence-electron chi connectivity index (χ0n) is 23.8. The number of carbonyl (C=O) groups excluding carboxylic acids is 2. The first-order valence-corrected chi connectivity index (χ1v) is 13.0. The van der Waals surface area contributed by atoms with Crippen molar-refractivity contribution in [2.45, 2.75) is 13.1 Å². The molecule has 4 rings (SSSR count). The fourth-order valence-corrected chi connectivity index (χ4v) is 4.60. The zero-order valence-corrected chi connectivity index (χ0v) is 23.8. The lowest BCUT2D eigenvalue weighted by atomic mass is 9.97. The molecule has 0 aliphatic rings. The summed E-state index contributed by atoms with van der Waals surface area (Å²) in [4.78, 5) is 36.3. The summed E-state index contributed by atoms with van der Waals surface area (Å²) >= 11 is 0. The van der Waals surface area contributed by atoms with Crippen molar-refractivity contribution in [1.82, 2.24) is 24.3 Å². The maximum absolute atomic E-state index is 13.3. The smallest absolute Gasteiger partial charge is 0.383 e. The van der Waals surface area contributed by atoms with Crippen molar-refractivity contribution < 1.29 is 22.8 Å². The van der Waals surface area contributed by atoms with Gasteiger partial charge in [-0.25, -0.2) is 9.97 Å². The van der Waals surface area contributed by atoms with Crippen LogP contribution in [0.1, 0.15) is 17.3 Å². The lowest BCUT2D eigenvalue weighted by Gasteiger charge is -2.25. The van der Waals surface area contributed by atoms with Gasteiger partial charge in [0.05, 0.1) is 11.1 Å². The van der Waals surface area contributed by atoms with Crippen LogP contribution in [0, 0.1) is 0 Å². The molecule has 0 bridgehead atoms. The van der Waals surface area contributed by atoms with Crippen molar-refractivity contribution in [1.29, 1.82) is 0 Å². The van der Waals surface area contributed by atoms with Crippen LogP contribution < -0.4 is 11.1 Å². The highest BCUT2D eigenvalue weighted by molar-refractivity contribution is 6.08. The molecule has 2 heterocycles. The number of rotatable bonds is 9. The molecule has 0 spiro atoms. The third kappa shape index (κ3) is 6.60. The molecule has 4 aromatic rings. The summed E-state index contributed by atoms with van der Waals surface area (Å²) in [6.45, 7) is 4.14. The Kier molecular flexibility index (Phi) is 8.67. The number of nitrogens with two attached hydrogens (primary N) is 1. The van der Waals surface area contributed by atoms with E-state index >= 15 is 0 Å². The minimum Gasteiger partial charge on any atom is -0.383 e. The first-order valence-electron chi connectivity index (χ1n) is 13.0. The number of alkyl halides is 3. The Morgan fingerprint density at radius 2 is 1.62 bits per heavy atom. The number of hydrogen-bond acceptors (Lipinski definition) is 6. The van der Waals surface area contributed by atoms with Crippen LogP contribution in [0.15, 0.2) is 67.0 Å². The number of halogens is 3. The fourth-order valence-electron chi connectivity index (χ4n) is 4.60. The summed E-state index contributed by atoms with van der Waals surface area (Å²) in [6.07, 6.45) is -3.16. The summed E-state index contributed by atoms with van der Waals surface area (Å²) < 4.78 is 41.6. The number of carbonyl (C=O) groups is 2. The zero-order chi connectivity index (χ0) is 30.8. The third-order valence-corrected chi connectivity index (χ3v) is 6.70. The predicted octanol–water partition coefficient (Wildman–Crippen LogP) is 4.97. The van der Waals surface area contributed by atoms with E-state index in [0.717, 1.165) is 16.2 Å². The normalized spacial score (nSPS) is 11.6. The fraction of sp³-hybridized carbons (Fsp3) is 0.267. The van der Waals surface area contributed by atoms with E-state index in [1.54, 1.807) is 50.2 Å². The van der Waals surface area contributed by atoms with Gasteiger partial charge in [-0.05, 0) is 56.4 Å². The second-order valence-electron chi connectivity index (χ2n) is 10.3. The molecule has 12 heteroatoms. The van der Waals surface area contributed by atoms with Crippen molar-refractivity contribution in [3.63, 3.8) is 0 Å². The van der Waals surface area contributed by atoms with Crippen molar-refractivity contribution in [2.24, 2.45) is 7.05 Å². The van der Waals surface area contributed by atoms with Crippen LogP contribution in [0.4, 0.5) is 24.7 Å². The molecule has 0 saturated carbocycles. The van der Waals surface area contributed by atoms with E-state index in [9.17, 15) is 22.8 Å². The van der Waals surface area contributed by atoms with Gasteiger partial charge < -0.3 is 25.4 Å². The van der Waals surface area contributed by atoms with Gasteiger partial charge in [-0.15, -0.1) is 0 Å². The Labute approximate surface area is 241 Å².